The van der Waals surface area contributed by atoms with Crippen molar-refractivity contribution in [3.05, 3.63) is 65.4 Å². The van der Waals surface area contributed by atoms with Crippen LogP contribution in [0.25, 0.3) is 0 Å². The number of nitrogens with zero attached hydrogens (tertiary/aromatic N) is 2. The van der Waals surface area contributed by atoms with Gasteiger partial charge in [-0.2, -0.15) is 0 Å². The highest BCUT2D eigenvalue weighted by Crippen LogP contribution is 2.28. The van der Waals surface area contributed by atoms with Gasteiger partial charge in [0.2, 0.25) is 0 Å². The summed E-state index contributed by atoms with van der Waals surface area (Å²) in [6, 6.07) is 15.2. The highest BCUT2D eigenvalue weighted by atomic mass is 35.5. The molecule has 3 aromatic rings. The smallest absolute Gasteiger partial charge is 0.173 e. The molecule has 24 heavy (non-hydrogen) atoms. The Morgan fingerprint density at radius 3 is 2.46 bits per heavy atom. The second-order valence-corrected chi connectivity index (χ2v) is 5.62. The Morgan fingerprint density at radius 1 is 0.958 bits per heavy atom. The van der Waals surface area contributed by atoms with E-state index in [4.69, 9.17) is 17.3 Å². The lowest BCUT2D eigenvalue weighted by Crippen LogP contribution is -2.13. The minimum atomic E-state index is 0.412. The molecule has 0 spiro atoms. The van der Waals surface area contributed by atoms with Crippen LogP contribution in [0.15, 0.2) is 54.9 Å². The number of benzene rings is 2. The van der Waals surface area contributed by atoms with Crippen molar-refractivity contribution in [2.45, 2.75) is 6.92 Å². The van der Waals surface area contributed by atoms with E-state index in [0.717, 1.165) is 16.9 Å². The van der Waals surface area contributed by atoms with E-state index in [1.54, 1.807) is 0 Å². The average molecular weight is 341 g/mol. The number of nitrogens with one attached hydrogen (secondary N) is 3. The van der Waals surface area contributed by atoms with E-state index in [-0.39, 0.29) is 0 Å². The molecule has 0 saturated heterocycles. The largest absolute Gasteiger partial charge is 0.393 e. The molecule has 5 N–H and O–H groups in total. The van der Waals surface area contributed by atoms with Gasteiger partial charge in [0.05, 0.1) is 5.69 Å². The molecule has 0 aliphatic carbocycles. The molecule has 6 nitrogen and oxygen atoms in total. The molecule has 0 fully saturated rings. The molecule has 0 saturated carbocycles. The second kappa shape index (κ2) is 7.06. The van der Waals surface area contributed by atoms with Gasteiger partial charge in [-0.25, -0.2) is 9.97 Å². The average Bonchev–Trinajstić information content (AvgIpc) is 2.59. The van der Waals surface area contributed by atoms with Gasteiger partial charge in [0, 0.05) is 10.7 Å². The van der Waals surface area contributed by atoms with E-state index in [1.165, 1.54) is 6.33 Å². The van der Waals surface area contributed by atoms with Crippen LogP contribution in [0.5, 0.6) is 0 Å². The lowest BCUT2D eigenvalue weighted by molar-refractivity contribution is 1.16. The number of para-hydroxylation sites is 1. The van der Waals surface area contributed by atoms with E-state index >= 15 is 0 Å². The third kappa shape index (κ3) is 3.67. The first kappa shape index (κ1) is 15.9. The van der Waals surface area contributed by atoms with Gasteiger partial charge in [-0.15, -0.1) is 0 Å². The number of hydrogen-bond acceptors (Lipinski definition) is 6. The minimum absolute atomic E-state index is 0.412. The number of nitrogens with two attached hydrogens (primary N) is 1. The van der Waals surface area contributed by atoms with Crippen molar-refractivity contribution < 1.29 is 0 Å². The van der Waals surface area contributed by atoms with Crippen LogP contribution in [0, 0.1) is 6.92 Å². The van der Waals surface area contributed by atoms with Gasteiger partial charge in [-0.05, 0) is 42.8 Å². The molecule has 7 heteroatoms. The molecule has 0 aliphatic rings. The fraction of sp³-hybridized carbons (Fsp3) is 0.0588. The summed E-state index contributed by atoms with van der Waals surface area (Å²) in [6.07, 6.45) is 1.44. The number of aryl methyl sites for hydroxylation is 1. The van der Waals surface area contributed by atoms with Gasteiger partial charge in [-0.1, -0.05) is 29.8 Å². The van der Waals surface area contributed by atoms with Gasteiger partial charge >= 0.3 is 0 Å². The predicted octanol–water partition coefficient (Wildman–Crippen LogP) is 4.20. The van der Waals surface area contributed by atoms with Crippen LogP contribution in [0.2, 0.25) is 5.02 Å². The van der Waals surface area contributed by atoms with Crippen molar-refractivity contribution in [3.63, 3.8) is 0 Å². The minimum Gasteiger partial charge on any atom is -0.393 e. The van der Waals surface area contributed by atoms with Gasteiger partial charge in [-0.3, -0.25) is 10.9 Å². The zero-order valence-electron chi connectivity index (χ0n) is 13.0. The zero-order valence-corrected chi connectivity index (χ0v) is 13.8. The quantitative estimate of drug-likeness (QED) is 0.520. The Kier molecular flexibility index (Phi) is 4.67. The number of hydrogen-bond donors (Lipinski definition) is 4. The van der Waals surface area contributed by atoms with Crippen molar-refractivity contribution in [2.24, 2.45) is 0 Å². The monoisotopic (exact) mass is 340 g/mol. The SMILES string of the molecule is Cc1cc(Cl)ccc1Nc1ncnc(NNc2ccccc2)c1N. The summed E-state index contributed by atoms with van der Waals surface area (Å²) in [5.74, 6) is 1.01. The van der Waals surface area contributed by atoms with Crippen LogP contribution in [0.4, 0.5) is 28.7 Å². The number of halogens is 1. The highest BCUT2D eigenvalue weighted by Gasteiger charge is 2.09. The Labute approximate surface area is 145 Å². The Balaban J connectivity index is 1.78. The maximum absolute atomic E-state index is 6.16. The second-order valence-electron chi connectivity index (χ2n) is 5.18. The maximum atomic E-state index is 6.16. The summed E-state index contributed by atoms with van der Waals surface area (Å²) < 4.78 is 0. The van der Waals surface area contributed by atoms with Gasteiger partial charge in [0.1, 0.15) is 12.0 Å². The fourth-order valence-electron chi connectivity index (χ4n) is 2.14. The molecule has 0 unspecified atom stereocenters. The van der Waals surface area contributed by atoms with Crippen LogP contribution in [-0.4, -0.2) is 9.97 Å². The van der Waals surface area contributed by atoms with Crippen LogP contribution >= 0.6 is 11.6 Å². The van der Waals surface area contributed by atoms with Crippen molar-refractivity contribution >= 4 is 40.3 Å². The number of hydrazine groups is 1. The van der Waals surface area contributed by atoms with Gasteiger partial charge in [0.25, 0.3) is 0 Å². The van der Waals surface area contributed by atoms with Gasteiger partial charge < -0.3 is 11.1 Å². The Hall–Kier alpha value is -2.99. The van der Waals surface area contributed by atoms with Crippen LogP contribution in [-0.2, 0) is 0 Å². The molecule has 3 rings (SSSR count). The van der Waals surface area contributed by atoms with Crippen molar-refractivity contribution in [2.75, 3.05) is 21.9 Å². The molecule has 2 aromatic carbocycles. The Morgan fingerprint density at radius 2 is 1.71 bits per heavy atom. The van der Waals surface area contributed by atoms with E-state index in [2.05, 4.69) is 26.1 Å². The maximum Gasteiger partial charge on any atom is 0.173 e. The molecule has 1 aromatic heterocycles. The van der Waals surface area contributed by atoms with E-state index in [9.17, 15) is 0 Å². The summed E-state index contributed by atoms with van der Waals surface area (Å²) in [5, 5.41) is 3.89. The van der Waals surface area contributed by atoms with E-state index in [0.29, 0.717) is 22.3 Å². The first-order valence-electron chi connectivity index (χ1n) is 7.34. The van der Waals surface area contributed by atoms with E-state index in [1.807, 2.05) is 55.5 Å². The van der Waals surface area contributed by atoms with Gasteiger partial charge in [0.15, 0.2) is 11.6 Å². The van der Waals surface area contributed by atoms with Crippen LogP contribution in [0.1, 0.15) is 5.56 Å². The number of nitrogen functional groups attached to an aromatic ring is 1. The Bertz CT molecular complexity index is 838. The first-order chi connectivity index (χ1) is 11.6. The highest BCUT2D eigenvalue weighted by molar-refractivity contribution is 6.30. The summed E-state index contributed by atoms with van der Waals surface area (Å²) in [4.78, 5) is 8.37. The van der Waals surface area contributed by atoms with E-state index < -0.39 is 0 Å². The molecule has 0 radical (unpaired) electrons. The standard InChI is InChI=1S/C17H17ClN6/c1-11-9-12(18)7-8-14(11)22-16-15(19)17(21-10-20-16)24-23-13-5-3-2-4-6-13/h2-10,23H,19H2,1H3,(H2,20,21,22,24). The summed E-state index contributed by atoms with van der Waals surface area (Å²) in [7, 11) is 0. The lowest BCUT2D eigenvalue weighted by Gasteiger charge is -2.14. The molecule has 0 aliphatic heterocycles. The van der Waals surface area contributed by atoms with Crippen LogP contribution < -0.4 is 21.9 Å². The zero-order chi connectivity index (χ0) is 16.9. The molecule has 0 amide bonds. The third-order valence-corrected chi connectivity index (χ3v) is 3.66. The predicted molar refractivity (Wildman–Crippen MR) is 99.6 cm³/mol. The summed E-state index contributed by atoms with van der Waals surface area (Å²) in [6.45, 7) is 1.96. The molecule has 122 valence electrons. The van der Waals surface area contributed by atoms with Crippen molar-refractivity contribution in [3.8, 4) is 0 Å². The van der Waals surface area contributed by atoms with Crippen molar-refractivity contribution in [1.29, 1.82) is 0 Å². The number of anilines is 5. The number of rotatable bonds is 5. The molecule has 0 bridgehead atoms. The van der Waals surface area contributed by atoms with Crippen LogP contribution in [0.3, 0.4) is 0 Å². The lowest BCUT2D eigenvalue weighted by atomic mass is 10.2. The summed E-state index contributed by atoms with van der Waals surface area (Å²) >= 11 is 5.98. The molecular weight excluding hydrogens is 324 g/mol. The third-order valence-electron chi connectivity index (χ3n) is 3.42. The number of aromatic nitrogens is 2. The van der Waals surface area contributed by atoms with Crippen molar-refractivity contribution in [1.82, 2.24) is 9.97 Å². The molecule has 1 heterocycles. The normalized spacial score (nSPS) is 10.2. The molecular formula is C17H17ClN6. The summed E-state index contributed by atoms with van der Waals surface area (Å²) in [5.41, 5.74) is 15.4. The molecule has 0 atom stereocenters. The first-order valence-corrected chi connectivity index (χ1v) is 7.72. The fourth-order valence-corrected chi connectivity index (χ4v) is 2.37. The topological polar surface area (TPSA) is 87.9 Å².